The van der Waals surface area contributed by atoms with Gasteiger partial charge in [-0.05, 0) is 52.3 Å². The number of nitrogens with zero attached hydrogens (tertiary/aromatic N) is 2. The molecule has 0 radical (unpaired) electrons. The molecule has 1 heterocycles. The van der Waals surface area contributed by atoms with Crippen LogP contribution in [0, 0.1) is 20.8 Å². The lowest BCUT2D eigenvalue weighted by atomic mass is 9.99. The Morgan fingerprint density at radius 2 is 1.68 bits per heavy atom. The van der Waals surface area contributed by atoms with E-state index in [0.29, 0.717) is 34.6 Å². The Balaban J connectivity index is 2.41. The number of carbonyl (C=O) groups is 3. The Morgan fingerprint density at radius 1 is 1.11 bits per heavy atom. The highest BCUT2D eigenvalue weighted by atomic mass is 16.5. The van der Waals surface area contributed by atoms with E-state index in [1.165, 1.54) is 7.11 Å². The number of hydrogen-bond acceptors (Lipinski definition) is 4. The topological polar surface area (TPSA) is 68.6 Å². The molecule has 6 nitrogen and oxygen atoms in total. The molecule has 0 spiro atoms. The first-order valence-electron chi connectivity index (χ1n) is 9.31. The van der Waals surface area contributed by atoms with Crippen molar-refractivity contribution >= 4 is 17.7 Å². The predicted molar refractivity (Wildman–Crippen MR) is 108 cm³/mol. The van der Waals surface area contributed by atoms with Gasteiger partial charge in [-0.1, -0.05) is 17.7 Å². The number of likely N-dealkylation sites (N-methyl/N-ethyl adjacent to an activating group) is 1. The lowest BCUT2D eigenvalue weighted by Crippen LogP contribution is -2.43. The van der Waals surface area contributed by atoms with E-state index in [9.17, 15) is 14.4 Å². The van der Waals surface area contributed by atoms with Gasteiger partial charge in [0.1, 0.15) is 5.69 Å². The van der Waals surface area contributed by atoms with Crippen LogP contribution in [0.5, 0.6) is 0 Å². The van der Waals surface area contributed by atoms with Crippen molar-refractivity contribution in [1.29, 1.82) is 0 Å². The third kappa shape index (κ3) is 3.72. The Bertz CT molecular complexity index is 910. The van der Waals surface area contributed by atoms with Gasteiger partial charge in [0, 0.05) is 30.4 Å². The van der Waals surface area contributed by atoms with Crippen molar-refractivity contribution in [2.75, 3.05) is 13.7 Å². The highest BCUT2D eigenvalue weighted by Crippen LogP contribution is 2.25. The maximum absolute atomic E-state index is 13.3. The summed E-state index contributed by atoms with van der Waals surface area (Å²) in [5.41, 5.74) is 3.67. The van der Waals surface area contributed by atoms with Crippen LogP contribution in [0.3, 0.4) is 0 Å². The quantitative estimate of drug-likeness (QED) is 0.565. The van der Waals surface area contributed by atoms with Crippen molar-refractivity contribution in [2.45, 2.75) is 40.7 Å². The number of carbonyl (C=O) groups excluding carboxylic acids is 3. The van der Waals surface area contributed by atoms with Crippen molar-refractivity contribution in [1.82, 2.24) is 9.47 Å². The van der Waals surface area contributed by atoms with Gasteiger partial charge < -0.3 is 14.2 Å². The third-order valence-electron chi connectivity index (χ3n) is 5.30. The molecule has 2 aromatic rings. The monoisotopic (exact) mass is 384 g/mol. The number of rotatable bonds is 6. The van der Waals surface area contributed by atoms with Crippen molar-refractivity contribution in [2.24, 2.45) is 7.05 Å². The van der Waals surface area contributed by atoms with E-state index in [4.69, 9.17) is 4.74 Å². The van der Waals surface area contributed by atoms with Gasteiger partial charge in [0.05, 0.1) is 13.2 Å². The van der Waals surface area contributed by atoms with Crippen LogP contribution in [0.15, 0.2) is 24.3 Å². The summed E-state index contributed by atoms with van der Waals surface area (Å²) in [5.74, 6) is -0.872. The minimum atomic E-state index is -0.663. The summed E-state index contributed by atoms with van der Waals surface area (Å²) < 4.78 is 6.51. The molecule has 1 aromatic carbocycles. The van der Waals surface area contributed by atoms with Crippen LogP contribution >= 0.6 is 0 Å². The van der Waals surface area contributed by atoms with Gasteiger partial charge >= 0.3 is 5.97 Å². The molecule has 1 amide bonds. The molecular weight excluding hydrogens is 356 g/mol. The smallest absolute Gasteiger partial charge is 0.354 e. The zero-order valence-corrected chi connectivity index (χ0v) is 17.6. The molecule has 2 rings (SSSR count). The first kappa shape index (κ1) is 21.4. The van der Waals surface area contributed by atoms with Crippen LogP contribution in [0.25, 0.3) is 0 Å². The number of esters is 1. The molecule has 1 atom stereocenters. The minimum absolute atomic E-state index is 0.192. The van der Waals surface area contributed by atoms with E-state index in [1.807, 2.05) is 26.0 Å². The van der Waals surface area contributed by atoms with Crippen LogP contribution in [0.2, 0.25) is 0 Å². The molecular formula is C22H28N2O4. The Labute approximate surface area is 166 Å². The third-order valence-corrected chi connectivity index (χ3v) is 5.30. The molecule has 28 heavy (non-hydrogen) atoms. The average molecular weight is 384 g/mol. The second kappa shape index (κ2) is 8.42. The second-order valence-electron chi connectivity index (χ2n) is 6.98. The second-order valence-corrected chi connectivity index (χ2v) is 6.98. The number of methoxy groups -OCH3 is 1. The maximum Gasteiger partial charge on any atom is 0.354 e. The molecule has 150 valence electrons. The first-order chi connectivity index (χ1) is 13.1. The molecule has 0 fully saturated rings. The van der Waals surface area contributed by atoms with E-state index >= 15 is 0 Å². The summed E-state index contributed by atoms with van der Waals surface area (Å²) in [5, 5.41) is 0. The van der Waals surface area contributed by atoms with Crippen LogP contribution in [-0.4, -0.2) is 46.8 Å². The molecule has 0 saturated carbocycles. The molecule has 1 unspecified atom stereocenters. The van der Waals surface area contributed by atoms with Gasteiger partial charge in [0.25, 0.3) is 5.91 Å². The van der Waals surface area contributed by atoms with Gasteiger partial charge in [0.2, 0.25) is 0 Å². The van der Waals surface area contributed by atoms with Crippen molar-refractivity contribution in [3.05, 3.63) is 57.9 Å². The first-order valence-corrected chi connectivity index (χ1v) is 9.31. The number of aryl methyl sites for hydroxylation is 1. The fraction of sp³-hybridized carbons (Fsp3) is 0.409. The fourth-order valence-corrected chi connectivity index (χ4v) is 3.53. The number of Topliss-reactive ketones (excluding diaryl/α,β-unsaturated/α-hetero) is 1. The van der Waals surface area contributed by atoms with E-state index < -0.39 is 12.0 Å². The Morgan fingerprint density at radius 3 is 2.18 bits per heavy atom. The van der Waals surface area contributed by atoms with Crippen LogP contribution < -0.4 is 0 Å². The van der Waals surface area contributed by atoms with Crippen LogP contribution in [0.4, 0.5) is 0 Å². The van der Waals surface area contributed by atoms with Crippen LogP contribution in [-0.2, 0) is 11.8 Å². The number of ketones is 1. The van der Waals surface area contributed by atoms with E-state index in [1.54, 1.807) is 49.4 Å². The van der Waals surface area contributed by atoms with Gasteiger partial charge in [0.15, 0.2) is 5.78 Å². The summed E-state index contributed by atoms with van der Waals surface area (Å²) in [4.78, 5) is 39.9. The summed E-state index contributed by atoms with van der Waals surface area (Å²) in [6.45, 7) is 9.45. The summed E-state index contributed by atoms with van der Waals surface area (Å²) in [6, 6.07) is 6.63. The fourth-order valence-electron chi connectivity index (χ4n) is 3.53. The minimum Gasteiger partial charge on any atom is -0.464 e. The lowest BCUT2D eigenvalue weighted by molar-refractivity contribution is 0.0588. The number of hydrogen-bond donors (Lipinski definition) is 0. The lowest BCUT2D eigenvalue weighted by Gasteiger charge is -2.27. The van der Waals surface area contributed by atoms with E-state index in [0.717, 1.165) is 5.56 Å². The predicted octanol–water partition coefficient (Wildman–Crippen LogP) is 3.47. The largest absolute Gasteiger partial charge is 0.464 e. The number of aromatic nitrogens is 1. The van der Waals surface area contributed by atoms with Crippen molar-refractivity contribution in [3.8, 4) is 0 Å². The number of amides is 1. The highest BCUT2D eigenvalue weighted by molar-refractivity contribution is 6.07. The van der Waals surface area contributed by atoms with E-state index in [2.05, 4.69) is 0 Å². The molecule has 0 saturated heterocycles. The standard InChI is InChI=1S/C22H28N2O4/c1-8-24(21(26)17-11-9-13(2)10-12-17)16(5)20(25)18-14(3)19(22(27)28-7)23(6)15(18)4/h9-12,16H,8H2,1-7H3. The van der Waals surface area contributed by atoms with Gasteiger partial charge in [-0.15, -0.1) is 0 Å². The van der Waals surface area contributed by atoms with Crippen LogP contribution in [0.1, 0.15) is 61.9 Å². The van der Waals surface area contributed by atoms with E-state index in [-0.39, 0.29) is 11.7 Å². The number of benzene rings is 1. The summed E-state index contributed by atoms with van der Waals surface area (Å²) in [7, 11) is 3.04. The zero-order valence-electron chi connectivity index (χ0n) is 17.6. The van der Waals surface area contributed by atoms with Crippen molar-refractivity contribution in [3.63, 3.8) is 0 Å². The van der Waals surface area contributed by atoms with Gasteiger partial charge in [-0.2, -0.15) is 0 Å². The molecule has 0 aliphatic rings. The van der Waals surface area contributed by atoms with Crippen molar-refractivity contribution < 1.29 is 19.1 Å². The summed E-state index contributed by atoms with van der Waals surface area (Å²) in [6.07, 6.45) is 0. The molecule has 0 aliphatic heterocycles. The molecule has 0 N–H and O–H groups in total. The zero-order chi connectivity index (χ0) is 21.2. The van der Waals surface area contributed by atoms with Gasteiger partial charge in [-0.25, -0.2) is 4.79 Å². The maximum atomic E-state index is 13.3. The average Bonchev–Trinajstić information content (AvgIpc) is 2.90. The van der Waals surface area contributed by atoms with Gasteiger partial charge in [-0.3, -0.25) is 9.59 Å². The molecule has 1 aromatic heterocycles. The molecule has 0 bridgehead atoms. The number of ether oxygens (including phenoxy) is 1. The molecule has 6 heteroatoms. The highest BCUT2D eigenvalue weighted by Gasteiger charge is 2.32. The molecule has 0 aliphatic carbocycles. The Hall–Kier alpha value is -2.89. The SMILES string of the molecule is CCN(C(=O)c1ccc(C)cc1)C(C)C(=O)c1c(C)c(C(=O)OC)n(C)c1C. The normalized spacial score (nSPS) is 11.8. The summed E-state index contributed by atoms with van der Waals surface area (Å²) >= 11 is 0. The Kier molecular flexibility index (Phi) is 6.44.